The molecule has 2 N–H and O–H groups in total. The number of halogens is 1. The standard InChI is InChI=1S/C30H40ClN3O5/c1-30(2,3)24-25(32-17-19-14-15-20(31)16-22(19)38-4)26(21-12-9-13-23(33-21)39-5)34(27(24)29(36)37)28(35)18-10-7-6-8-11-18/h9,12-16,18,24-27,32H,6-8,10-11,17H2,1-5H3,(H,36,37)/t24-,25-,26-,27-/m1/s1. The molecule has 1 aromatic heterocycles. The fraction of sp³-hybridized carbons (Fsp3) is 0.567. The lowest BCUT2D eigenvalue weighted by molar-refractivity contribution is -0.154. The van der Waals surface area contributed by atoms with Gasteiger partial charge in [-0.15, -0.1) is 0 Å². The van der Waals surface area contributed by atoms with Crippen LogP contribution in [0.1, 0.15) is 70.2 Å². The van der Waals surface area contributed by atoms with Gasteiger partial charge in [-0.2, -0.15) is 0 Å². The Hall–Kier alpha value is -2.84. The van der Waals surface area contributed by atoms with Gasteiger partial charge in [0, 0.05) is 41.1 Å². The van der Waals surface area contributed by atoms with E-state index in [-0.39, 0.29) is 11.8 Å². The Labute approximate surface area is 236 Å². The quantitative estimate of drug-likeness (QED) is 0.442. The summed E-state index contributed by atoms with van der Waals surface area (Å²) in [5, 5.41) is 14.9. The van der Waals surface area contributed by atoms with Gasteiger partial charge in [-0.25, -0.2) is 9.78 Å². The van der Waals surface area contributed by atoms with E-state index in [0.717, 1.165) is 37.7 Å². The maximum absolute atomic E-state index is 14.2. The van der Waals surface area contributed by atoms with Crippen LogP contribution in [0.2, 0.25) is 5.02 Å². The van der Waals surface area contributed by atoms with Gasteiger partial charge in [0.25, 0.3) is 0 Å². The minimum Gasteiger partial charge on any atom is -0.496 e. The Balaban J connectivity index is 1.83. The molecule has 0 spiro atoms. The molecular formula is C30H40ClN3O5. The second-order valence-electron chi connectivity index (χ2n) is 11.7. The number of aliphatic carboxylic acids is 1. The SMILES string of the molecule is COc1cccc([C@@H]2[C@H](NCc3ccc(Cl)cc3OC)[C@@H](C(C)(C)C)[C@H](C(=O)O)N2C(=O)C2CCCCC2)n1. The molecule has 8 nitrogen and oxygen atoms in total. The van der Waals surface area contributed by atoms with Crippen LogP contribution in [0.25, 0.3) is 0 Å². The molecule has 2 fully saturated rings. The summed E-state index contributed by atoms with van der Waals surface area (Å²) in [6.07, 6.45) is 4.61. The number of hydrogen-bond donors (Lipinski definition) is 2. The Morgan fingerprint density at radius 1 is 1.10 bits per heavy atom. The first-order valence-corrected chi connectivity index (χ1v) is 14.1. The molecule has 2 aliphatic rings. The van der Waals surface area contributed by atoms with Crippen molar-refractivity contribution in [1.82, 2.24) is 15.2 Å². The van der Waals surface area contributed by atoms with Gasteiger partial charge < -0.3 is 24.8 Å². The number of nitrogens with one attached hydrogen (secondary N) is 1. The first kappa shape index (κ1) is 29.2. The number of likely N-dealkylation sites (tertiary alicyclic amines) is 1. The van der Waals surface area contributed by atoms with Crippen LogP contribution in [-0.2, 0) is 16.1 Å². The van der Waals surface area contributed by atoms with Gasteiger partial charge >= 0.3 is 5.97 Å². The van der Waals surface area contributed by atoms with Crippen LogP contribution in [0, 0.1) is 17.3 Å². The van der Waals surface area contributed by atoms with Crippen molar-refractivity contribution in [1.29, 1.82) is 0 Å². The lowest BCUT2D eigenvalue weighted by Crippen LogP contribution is -2.49. The normalized spacial score (nSPS) is 24.0. The lowest BCUT2D eigenvalue weighted by atomic mass is 9.72. The summed E-state index contributed by atoms with van der Waals surface area (Å²) in [7, 11) is 3.14. The Bertz CT molecular complexity index is 1180. The summed E-state index contributed by atoms with van der Waals surface area (Å²) in [6, 6.07) is 8.89. The minimum atomic E-state index is -1.01. The molecule has 1 amide bonds. The zero-order valence-corrected chi connectivity index (χ0v) is 24.2. The number of carbonyl (C=O) groups excluding carboxylic acids is 1. The van der Waals surface area contributed by atoms with E-state index in [1.54, 1.807) is 37.3 Å². The van der Waals surface area contributed by atoms with Crippen LogP contribution < -0.4 is 14.8 Å². The summed E-state index contributed by atoms with van der Waals surface area (Å²) >= 11 is 6.19. The summed E-state index contributed by atoms with van der Waals surface area (Å²) in [5.41, 5.74) is 1.05. The molecule has 212 valence electrons. The number of benzene rings is 1. The third kappa shape index (κ3) is 6.17. The summed E-state index contributed by atoms with van der Waals surface area (Å²) in [6.45, 7) is 6.51. The number of ether oxygens (including phenoxy) is 2. The van der Waals surface area contributed by atoms with Gasteiger partial charge in [0.2, 0.25) is 11.8 Å². The highest BCUT2D eigenvalue weighted by Gasteiger charge is 2.59. The predicted molar refractivity (Wildman–Crippen MR) is 150 cm³/mol. The van der Waals surface area contributed by atoms with E-state index in [9.17, 15) is 14.7 Å². The summed E-state index contributed by atoms with van der Waals surface area (Å²) in [4.78, 5) is 33.6. The highest BCUT2D eigenvalue weighted by atomic mass is 35.5. The molecule has 4 atom stereocenters. The summed E-state index contributed by atoms with van der Waals surface area (Å²) in [5.74, 6) is -0.633. The average Bonchev–Trinajstić information content (AvgIpc) is 3.28. The van der Waals surface area contributed by atoms with Crippen LogP contribution in [0.4, 0.5) is 0 Å². The van der Waals surface area contributed by atoms with Crippen molar-refractivity contribution in [2.45, 2.75) is 77.5 Å². The maximum atomic E-state index is 14.2. The molecule has 1 aliphatic heterocycles. The number of rotatable bonds is 8. The molecule has 0 bridgehead atoms. The zero-order valence-electron chi connectivity index (χ0n) is 23.4. The van der Waals surface area contributed by atoms with Crippen LogP contribution in [0.3, 0.4) is 0 Å². The Morgan fingerprint density at radius 3 is 2.44 bits per heavy atom. The molecule has 1 aromatic carbocycles. The van der Waals surface area contributed by atoms with E-state index in [0.29, 0.717) is 28.9 Å². The molecule has 9 heteroatoms. The second-order valence-corrected chi connectivity index (χ2v) is 12.1. The van der Waals surface area contributed by atoms with Gasteiger partial charge in [0.15, 0.2) is 0 Å². The smallest absolute Gasteiger partial charge is 0.326 e. The van der Waals surface area contributed by atoms with Gasteiger partial charge in [-0.1, -0.05) is 63.8 Å². The largest absolute Gasteiger partial charge is 0.496 e. The highest BCUT2D eigenvalue weighted by molar-refractivity contribution is 6.30. The maximum Gasteiger partial charge on any atom is 0.326 e. The predicted octanol–water partition coefficient (Wildman–Crippen LogP) is 5.49. The Kier molecular flexibility index (Phi) is 9.07. The van der Waals surface area contributed by atoms with E-state index < -0.39 is 35.4 Å². The number of carboxylic acids is 1. The number of pyridine rings is 1. The molecule has 2 aromatic rings. The number of carbonyl (C=O) groups is 2. The molecule has 0 unspecified atom stereocenters. The van der Waals surface area contributed by atoms with Crippen LogP contribution in [-0.4, -0.2) is 53.2 Å². The lowest BCUT2D eigenvalue weighted by Gasteiger charge is -2.36. The van der Waals surface area contributed by atoms with Crippen molar-refractivity contribution in [2.75, 3.05) is 14.2 Å². The number of carboxylic acid groups (broad SMARTS) is 1. The number of hydrogen-bond acceptors (Lipinski definition) is 6. The van der Waals surface area contributed by atoms with Crippen molar-refractivity contribution >= 4 is 23.5 Å². The molecular weight excluding hydrogens is 518 g/mol. The van der Waals surface area contributed by atoms with Crippen LogP contribution >= 0.6 is 11.6 Å². The van der Waals surface area contributed by atoms with E-state index in [1.165, 1.54) is 0 Å². The van der Waals surface area contributed by atoms with Crippen LogP contribution in [0.5, 0.6) is 11.6 Å². The minimum absolute atomic E-state index is 0.0978. The first-order chi connectivity index (χ1) is 18.6. The van der Waals surface area contributed by atoms with Gasteiger partial charge in [0.1, 0.15) is 11.8 Å². The molecule has 1 aliphatic carbocycles. The number of methoxy groups -OCH3 is 2. The van der Waals surface area contributed by atoms with Crippen molar-refractivity contribution in [3.63, 3.8) is 0 Å². The van der Waals surface area contributed by atoms with Crippen molar-refractivity contribution in [3.05, 3.63) is 52.7 Å². The summed E-state index contributed by atoms with van der Waals surface area (Å²) < 4.78 is 11.0. The fourth-order valence-electron chi connectivity index (χ4n) is 6.40. The van der Waals surface area contributed by atoms with Gasteiger partial charge in [-0.3, -0.25) is 4.79 Å². The molecule has 39 heavy (non-hydrogen) atoms. The Morgan fingerprint density at radius 2 is 1.82 bits per heavy atom. The highest BCUT2D eigenvalue weighted by Crippen LogP contribution is 2.49. The molecule has 0 radical (unpaired) electrons. The van der Waals surface area contributed by atoms with E-state index in [1.807, 2.05) is 39.0 Å². The zero-order chi connectivity index (χ0) is 28.3. The van der Waals surface area contributed by atoms with E-state index >= 15 is 0 Å². The fourth-order valence-corrected chi connectivity index (χ4v) is 6.56. The third-order valence-corrected chi connectivity index (χ3v) is 8.40. The third-order valence-electron chi connectivity index (χ3n) is 8.16. The molecule has 1 saturated heterocycles. The number of nitrogens with zero attached hydrogens (tertiary/aromatic N) is 2. The molecule has 2 heterocycles. The van der Waals surface area contributed by atoms with Crippen molar-refractivity contribution in [3.8, 4) is 11.6 Å². The molecule has 1 saturated carbocycles. The van der Waals surface area contributed by atoms with Gasteiger partial charge in [0.05, 0.1) is 26.0 Å². The van der Waals surface area contributed by atoms with E-state index in [2.05, 4.69) is 5.32 Å². The van der Waals surface area contributed by atoms with Crippen LogP contribution in [0.15, 0.2) is 36.4 Å². The van der Waals surface area contributed by atoms with Crippen molar-refractivity contribution in [2.24, 2.45) is 17.3 Å². The molecule has 4 rings (SSSR count). The first-order valence-electron chi connectivity index (χ1n) is 13.7. The topological polar surface area (TPSA) is 101 Å². The van der Waals surface area contributed by atoms with Gasteiger partial charge in [-0.05, 0) is 36.5 Å². The van der Waals surface area contributed by atoms with Crippen molar-refractivity contribution < 1.29 is 24.2 Å². The number of amides is 1. The monoisotopic (exact) mass is 557 g/mol. The number of aromatic nitrogens is 1. The average molecular weight is 558 g/mol. The second kappa shape index (κ2) is 12.1. The van der Waals surface area contributed by atoms with E-state index in [4.69, 9.17) is 26.1 Å².